The summed E-state index contributed by atoms with van der Waals surface area (Å²) in [6.45, 7) is 0.639. The molecule has 0 saturated heterocycles. The third kappa shape index (κ3) is 4.30. The van der Waals surface area contributed by atoms with E-state index in [4.69, 9.17) is 11.2 Å². The zero-order valence-electron chi connectivity index (χ0n) is 11.0. The van der Waals surface area contributed by atoms with Crippen LogP contribution < -0.4 is 4.74 Å². The fourth-order valence-electron chi connectivity index (χ4n) is 1.83. The molecule has 0 spiro atoms. The van der Waals surface area contributed by atoms with E-state index in [0.717, 1.165) is 49.7 Å². The van der Waals surface area contributed by atoms with Crippen molar-refractivity contribution in [3.05, 3.63) is 34.9 Å². The quantitative estimate of drug-likeness (QED) is 0.419. The van der Waals surface area contributed by atoms with Gasteiger partial charge in [0.25, 0.3) is 0 Å². The van der Waals surface area contributed by atoms with E-state index in [1.807, 2.05) is 18.2 Å². The van der Waals surface area contributed by atoms with E-state index < -0.39 is 0 Å². The summed E-state index contributed by atoms with van der Waals surface area (Å²) in [7, 11) is 0. The van der Waals surface area contributed by atoms with Crippen LogP contribution in [0.2, 0.25) is 0 Å². The zero-order valence-corrected chi connectivity index (χ0v) is 11.0. The number of benzene rings is 1. The first-order valence-electron chi connectivity index (χ1n) is 6.68. The molecule has 19 heavy (non-hydrogen) atoms. The Hall–Kier alpha value is -2.01. The summed E-state index contributed by atoms with van der Waals surface area (Å²) in [4.78, 5) is 11.1. The molecule has 1 saturated carbocycles. The van der Waals surface area contributed by atoms with Gasteiger partial charge in [0.15, 0.2) is 6.29 Å². The third-order valence-corrected chi connectivity index (χ3v) is 3.07. The van der Waals surface area contributed by atoms with E-state index in [1.54, 1.807) is 0 Å². The summed E-state index contributed by atoms with van der Waals surface area (Å²) >= 11 is 0. The van der Waals surface area contributed by atoms with Crippen molar-refractivity contribution in [2.45, 2.75) is 32.1 Å². The second-order valence-electron chi connectivity index (χ2n) is 4.72. The molecule has 1 aliphatic carbocycles. The minimum Gasteiger partial charge on any atom is -0.494 e. The summed E-state index contributed by atoms with van der Waals surface area (Å²) in [5, 5.41) is 0. The number of carbonyl (C=O) groups excluding carboxylic acids is 1. The Morgan fingerprint density at radius 1 is 1.26 bits per heavy atom. The predicted octanol–water partition coefficient (Wildman–Crippen LogP) is 3.86. The molecule has 2 rings (SSSR count). The number of carbonyl (C=O) groups is 1. The molecule has 1 aromatic rings. The van der Waals surface area contributed by atoms with E-state index in [0.29, 0.717) is 12.2 Å². The van der Waals surface area contributed by atoms with Crippen molar-refractivity contribution in [3.63, 3.8) is 0 Å². The average molecular weight is 254 g/mol. The molecule has 1 fully saturated rings. The van der Waals surface area contributed by atoms with Gasteiger partial charge in [0, 0.05) is 12.0 Å². The molecule has 1 aliphatic rings. The molecule has 0 aromatic heterocycles. The predicted molar refractivity (Wildman–Crippen MR) is 77.2 cm³/mol. The molecule has 0 N–H and O–H groups in total. The molecule has 0 radical (unpaired) electrons. The second kappa shape index (κ2) is 6.80. The van der Waals surface area contributed by atoms with Crippen molar-refractivity contribution in [3.8, 4) is 18.1 Å². The van der Waals surface area contributed by atoms with Crippen molar-refractivity contribution in [1.29, 1.82) is 0 Å². The van der Waals surface area contributed by atoms with Crippen LogP contribution in [0.15, 0.2) is 23.8 Å². The summed E-state index contributed by atoms with van der Waals surface area (Å²) in [5.74, 6) is 3.36. The normalized spacial score (nSPS) is 12.7. The zero-order chi connectivity index (χ0) is 13.5. The van der Waals surface area contributed by atoms with Gasteiger partial charge in [0.2, 0.25) is 0 Å². The summed E-state index contributed by atoms with van der Waals surface area (Å²) in [6.07, 6.45) is 13.2. The molecule has 0 unspecified atom stereocenters. The standard InChI is InChI=1S/C17H18O2/c1-2-3-4-5-10-19-17-9-8-15(11-14-6-7-14)16(12-17)13-18/h1,8-9,11-13H,3-7,10H2. The van der Waals surface area contributed by atoms with Crippen LogP contribution in [0.1, 0.15) is 48.0 Å². The van der Waals surface area contributed by atoms with Gasteiger partial charge in [0.05, 0.1) is 6.61 Å². The third-order valence-electron chi connectivity index (χ3n) is 3.07. The maximum Gasteiger partial charge on any atom is 0.150 e. The number of aldehydes is 1. The topological polar surface area (TPSA) is 26.3 Å². The van der Waals surface area contributed by atoms with Gasteiger partial charge in [-0.15, -0.1) is 12.3 Å². The summed E-state index contributed by atoms with van der Waals surface area (Å²) < 4.78 is 5.62. The van der Waals surface area contributed by atoms with Crippen LogP contribution in [0.3, 0.4) is 0 Å². The van der Waals surface area contributed by atoms with Crippen molar-refractivity contribution < 1.29 is 9.53 Å². The summed E-state index contributed by atoms with van der Waals surface area (Å²) in [6, 6.07) is 5.68. The SMILES string of the molecule is C#CCCCCOc1ccc(C=C2CC2)c(C=O)c1. The Kier molecular flexibility index (Phi) is 4.80. The van der Waals surface area contributed by atoms with Gasteiger partial charge in [-0.25, -0.2) is 0 Å². The van der Waals surface area contributed by atoms with Gasteiger partial charge >= 0.3 is 0 Å². The highest BCUT2D eigenvalue weighted by molar-refractivity contribution is 5.83. The van der Waals surface area contributed by atoms with Crippen molar-refractivity contribution >= 4 is 12.4 Å². The first kappa shape index (κ1) is 13.4. The van der Waals surface area contributed by atoms with E-state index in [2.05, 4.69) is 12.0 Å². The Labute approximate surface area is 114 Å². The second-order valence-corrected chi connectivity index (χ2v) is 4.72. The van der Waals surface area contributed by atoms with Gasteiger partial charge in [0.1, 0.15) is 5.75 Å². The van der Waals surface area contributed by atoms with Gasteiger partial charge in [-0.1, -0.05) is 17.7 Å². The maximum atomic E-state index is 11.1. The Morgan fingerprint density at radius 3 is 2.79 bits per heavy atom. The van der Waals surface area contributed by atoms with Crippen LogP contribution in [0, 0.1) is 12.3 Å². The highest BCUT2D eigenvalue weighted by Gasteiger charge is 2.12. The molecule has 0 amide bonds. The number of unbranched alkanes of at least 4 members (excludes halogenated alkanes) is 2. The fraction of sp³-hybridized carbons (Fsp3) is 0.353. The molecule has 0 bridgehead atoms. The van der Waals surface area contributed by atoms with Gasteiger partial charge in [-0.2, -0.15) is 0 Å². The fourth-order valence-corrected chi connectivity index (χ4v) is 1.83. The lowest BCUT2D eigenvalue weighted by Crippen LogP contribution is -1.98. The van der Waals surface area contributed by atoms with Crippen LogP contribution in [-0.2, 0) is 0 Å². The lowest BCUT2D eigenvalue weighted by Gasteiger charge is -2.07. The molecular weight excluding hydrogens is 236 g/mol. The molecule has 0 atom stereocenters. The molecule has 0 heterocycles. The largest absolute Gasteiger partial charge is 0.494 e. The number of terminal acetylenes is 1. The van der Waals surface area contributed by atoms with Crippen LogP contribution in [0.5, 0.6) is 5.75 Å². The number of ether oxygens (including phenoxy) is 1. The van der Waals surface area contributed by atoms with Crippen molar-refractivity contribution in [2.24, 2.45) is 0 Å². The molecule has 98 valence electrons. The van der Waals surface area contributed by atoms with E-state index in [1.165, 1.54) is 5.57 Å². The molecular formula is C17H18O2. The van der Waals surface area contributed by atoms with Gasteiger partial charge < -0.3 is 4.74 Å². The first-order valence-corrected chi connectivity index (χ1v) is 6.68. The Bertz CT molecular complexity index is 515. The smallest absolute Gasteiger partial charge is 0.150 e. The Balaban J connectivity index is 1.93. The highest BCUT2D eigenvalue weighted by atomic mass is 16.5. The van der Waals surface area contributed by atoms with E-state index in [-0.39, 0.29) is 0 Å². The highest BCUT2D eigenvalue weighted by Crippen LogP contribution is 2.31. The van der Waals surface area contributed by atoms with Gasteiger partial charge in [-0.3, -0.25) is 4.79 Å². The number of allylic oxidation sites excluding steroid dienone is 1. The monoisotopic (exact) mass is 254 g/mol. The van der Waals surface area contributed by atoms with Gasteiger partial charge in [-0.05, 0) is 43.4 Å². The Morgan fingerprint density at radius 2 is 2.11 bits per heavy atom. The van der Waals surface area contributed by atoms with Crippen LogP contribution in [0.25, 0.3) is 6.08 Å². The number of hydrogen-bond donors (Lipinski definition) is 0. The van der Waals surface area contributed by atoms with Crippen LogP contribution in [-0.4, -0.2) is 12.9 Å². The molecule has 2 heteroatoms. The average Bonchev–Trinajstić information content (AvgIpc) is 3.24. The van der Waals surface area contributed by atoms with E-state index >= 15 is 0 Å². The number of rotatable bonds is 7. The molecule has 0 aliphatic heterocycles. The minimum absolute atomic E-state index is 0.639. The van der Waals surface area contributed by atoms with Crippen molar-refractivity contribution in [2.75, 3.05) is 6.61 Å². The van der Waals surface area contributed by atoms with E-state index in [9.17, 15) is 4.79 Å². The first-order chi connectivity index (χ1) is 9.33. The lowest BCUT2D eigenvalue weighted by atomic mass is 10.1. The minimum atomic E-state index is 0.639. The number of hydrogen-bond acceptors (Lipinski definition) is 2. The molecule has 2 nitrogen and oxygen atoms in total. The van der Waals surface area contributed by atoms with Crippen molar-refractivity contribution in [1.82, 2.24) is 0 Å². The maximum absolute atomic E-state index is 11.1. The van der Waals surface area contributed by atoms with Crippen LogP contribution in [0.4, 0.5) is 0 Å². The summed E-state index contributed by atoms with van der Waals surface area (Å²) in [5.41, 5.74) is 3.09. The molecule has 1 aromatic carbocycles. The van der Waals surface area contributed by atoms with Crippen LogP contribution >= 0.6 is 0 Å². The lowest BCUT2D eigenvalue weighted by molar-refractivity contribution is 0.112.